The largest absolute Gasteiger partial charge is 0.425 e. The van der Waals surface area contributed by atoms with Gasteiger partial charge in [0.1, 0.15) is 0 Å². The lowest BCUT2D eigenvalue weighted by atomic mass is 10.2. The summed E-state index contributed by atoms with van der Waals surface area (Å²) in [6, 6.07) is 5.46. The molecule has 1 aromatic rings. The quantitative estimate of drug-likeness (QED) is 0.662. The number of alkyl halides is 3. The van der Waals surface area contributed by atoms with Gasteiger partial charge in [-0.25, -0.2) is 0 Å². The second-order valence-corrected chi connectivity index (χ2v) is 3.51. The molecule has 1 rings (SSSR count). The first-order chi connectivity index (χ1) is 6.74. The molecular weight excluding hydrogens is 250 g/mol. The van der Waals surface area contributed by atoms with E-state index in [-0.39, 0.29) is 0 Å². The molecule has 0 amide bonds. The van der Waals surface area contributed by atoms with E-state index in [1.165, 1.54) is 0 Å². The van der Waals surface area contributed by atoms with E-state index in [1.54, 1.807) is 6.07 Å². The van der Waals surface area contributed by atoms with Crippen molar-refractivity contribution in [2.75, 3.05) is 0 Å². The number of hydrogen-bond acceptors (Lipinski definition) is 1. The van der Waals surface area contributed by atoms with Crippen LogP contribution in [-0.2, 0) is 0 Å². The molecule has 84 valence electrons. The van der Waals surface area contributed by atoms with Crippen molar-refractivity contribution in [2.24, 2.45) is 0 Å². The molecule has 1 aromatic carbocycles. The molecule has 0 heterocycles. The van der Waals surface area contributed by atoms with Gasteiger partial charge in [0.15, 0.2) is 0 Å². The van der Waals surface area contributed by atoms with Gasteiger partial charge in [-0.05, 0) is 30.7 Å². The fourth-order valence-corrected chi connectivity index (χ4v) is 1.33. The third-order valence-corrected chi connectivity index (χ3v) is 1.61. The minimum atomic E-state index is -4.42. The maximum Gasteiger partial charge on any atom is 0.425 e. The highest BCUT2D eigenvalue weighted by atomic mass is 35.5. The molecule has 0 atom stereocenters. The Morgan fingerprint density at radius 2 is 1.47 bits per heavy atom. The SMILES string of the molecule is Cc1cc(Cl)cc(Cl)c1.N=CC(F)(F)F. The van der Waals surface area contributed by atoms with Crippen LogP contribution in [0.5, 0.6) is 0 Å². The Kier molecular flexibility index (Phi) is 5.68. The van der Waals surface area contributed by atoms with E-state index in [1.807, 2.05) is 19.1 Å². The fourth-order valence-electron chi connectivity index (χ4n) is 0.692. The van der Waals surface area contributed by atoms with E-state index in [9.17, 15) is 13.2 Å². The number of aryl methyl sites for hydroxylation is 1. The first-order valence-corrected chi connectivity index (χ1v) is 4.51. The van der Waals surface area contributed by atoms with Crippen LogP contribution in [0.3, 0.4) is 0 Å². The van der Waals surface area contributed by atoms with E-state index in [4.69, 9.17) is 28.6 Å². The van der Waals surface area contributed by atoms with Crippen LogP contribution in [0.1, 0.15) is 5.56 Å². The highest BCUT2D eigenvalue weighted by Gasteiger charge is 2.21. The summed E-state index contributed by atoms with van der Waals surface area (Å²) < 4.78 is 31.6. The van der Waals surface area contributed by atoms with Crippen LogP contribution >= 0.6 is 23.2 Å². The molecule has 0 fully saturated rings. The maximum absolute atomic E-state index is 10.5. The molecule has 1 nitrogen and oxygen atoms in total. The molecular formula is C9H8Cl2F3N. The Hall–Kier alpha value is -0.740. The van der Waals surface area contributed by atoms with Crippen LogP contribution in [-0.4, -0.2) is 12.4 Å². The lowest BCUT2D eigenvalue weighted by Crippen LogP contribution is -2.06. The van der Waals surface area contributed by atoms with Crippen LogP contribution in [0.2, 0.25) is 10.0 Å². The van der Waals surface area contributed by atoms with Crippen molar-refractivity contribution in [2.45, 2.75) is 13.1 Å². The van der Waals surface area contributed by atoms with Crippen molar-refractivity contribution < 1.29 is 13.2 Å². The second kappa shape index (κ2) is 5.98. The lowest BCUT2D eigenvalue weighted by molar-refractivity contribution is -0.0542. The predicted octanol–water partition coefficient (Wildman–Crippen LogP) is 4.50. The van der Waals surface area contributed by atoms with E-state index < -0.39 is 12.4 Å². The van der Waals surface area contributed by atoms with Crippen molar-refractivity contribution in [3.63, 3.8) is 0 Å². The molecule has 6 heteroatoms. The molecule has 0 saturated carbocycles. The molecule has 0 aromatic heterocycles. The number of nitrogens with one attached hydrogen (secondary N) is 1. The fraction of sp³-hybridized carbons (Fsp3) is 0.222. The molecule has 0 saturated heterocycles. The van der Waals surface area contributed by atoms with Gasteiger partial charge in [0, 0.05) is 10.0 Å². The minimum Gasteiger partial charge on any atom is -0.304 e. The summed E-state index contributed by atoms with van der Waals surface area (Å²) in [7, 11) is 0. The van der Waals surface area contributed by atoms with Crippen molar-refractivity contribution >= 4 is 29.4 Å². The second-order valence-electron chi connectivity index (χ2n) is 2.63. The van der Waals surface area contributed by atoms with Gasteiger partial charge in [-0.3, -0.25) is 0 Å². The summed E-state index contributed by atoms with van der Waals surface area (Å²) >= 11 is 11.3. The molecule has 0 spiro atoms. The van der Waals surface area contributed by atoms with Crippen LogP contribution in [0.15, 0.2) is 18.2 Å². The number of rotatable bonds is 0. The number of halogens is 5. The molecule has 0 aliphatic carbocycles. The van der Waals surface area contributed by atoms with Crippen molar-refractivity contribution in [1.29, 1.82) is 5.41 Å². The van der Waals surface area contributed by atoms with Crippen LogP contribution in [0, 0.1) is 12.3 Å². The van der Waals surface area contributed by atoms with Gasteiger partial charge in [-0.2, -0.15) is 13.2 Å². The zero-order valence-corrected chi connectivity index (χ0v) is 9.21. The van der Waals surface area contributed by atoms with Gasteiger partial charge in [-0.1, -0.05) is 23.2 Å². The third-order valence-electron chi connectivity index (χ3n) is 1.17. The monoisotopic (exact) mass is 257 g/mol. The summed E-state index contributed by atoms with van der Waals surface area (Å²) in [5.74, 6) is 0. The standard InChI is InChI=1S/C7H6Cl2.C2H2F3N/c1-5-2-6(8)4-7(9)3-5;3-2(4,5)1-6/h2-4H,1H3;1,6H. The molecule has 15 heavy (non-hydrogen) atoms. The van der Waals surface area contributed by atoms with Crippen molar-refractivity contribution in [1.82, 2.24) is 0 Å². The van der Waals surface area contributed by atoms with Crippen molar-refractivity contribution in [3.05, 3.63) is 33.8 Å². The zero-order valence-electron chi connectivity index (χ0n) is 7.70. The minimum absolute atomic E-state index is 0.562. The highest BCUT2D eigenvalue weighted by Crippen LogP contribution is 2.17. The summed E-state index contributed by atoms with van der Waals surface area (Å²) in [6.07, 6.45) is -4.98. The average molecular weight is 258 g/mol. The van der Waals surface area contributed by atoms with Crippen LogP contribution < -0.4 is 0 Å². The molecule has 0 unspecified atom stereocenters. The summed E-state index contributed by atoms with van der Waals surface area (Å²) in [4.78, 5) is 0. The Balaban J connectivity index is 0.000000288. The summed E-state index contributed by atoms with van der Waals surface area (Å²) in [5.41, 5.74) is 1.09. The van der Waals surface area contributed by atoms with Gasteiger partial charge in [0.2, 0.25) is 0 Å². The van der Waals surface area contributed by atoms with Gasteiger partial charge in [0.25, 0.3) is 0 Å². The van der Waals surface area contributed by atoms with Crippen LogP contribution in [0.25, 0.3) is 0 Å². The van der Waals surface area contributed by atoms with E-state index >= 15 is 0 Å². The maximum atomic E-state index is 10.5. The normalized spacial score (nSPS) is 10.3. The lowest BCUT2D eigenvalue weighted by Gasteiger charge is -1.93. The smallest absolute Gasteiger partial charge is 0.304 e. The Bertz CT molecular complexity index is 286. The molecule has 0 aliphatic heterocycles. The van der Waals surface area contributed by atoms with Gasteiger partial charge in [0.05, 0.1) is 6.21 Å². The first kappa shape index (κ1) is 14.3. The molecule has 0 radical (unpaired) electrons. The Labute approximate surface area is 95.3 Å². The van der Waals surface area contributed by atoms with Gasteiger partial charge in [-0.15, -0.1) is 0 Å². The number of benzene rings is 1. The van der Waals surface area contributed by atoms with Crippen LogP contribution in [0.4, 0.5) is 13.2 Å². The molecule has 1 N–H and O–H groups in total. The van der Waals surface area contributed by atoms with E-state index in [0.717, 1.165) is 5.56 Å². The highest BCUT2D eigenvalue weighted by molar-refractivity contribution is 6.34. The molecule has 0 bridgehead atoms. The Morgan fingerprint density at radius 3 is 1.67 bits per heavy atom. The van der Waals surface area contributed by atoms with Gasteiger partial charge < -0.3 is 5.41 Å². The molecule has 0 aliphatic rings. The number of hydrogen-bond donors (Lipinski definition) is 1. The first-order valence-electron chi connectivity index (χ1n) is 3.75. The van der Waals surface area contributed by atoms with E-state index in [0.29, 0.717) is 10.0 Å². The topological polar surface area (TPSA) is 23.9 Å². The zero-order chi connectivity index (χ0) is 12.1. The predicted molar refractivity (Wildman–Crippen MR) is 56.0 cm³/mol. The summed E-state index contributed by atoms with van der Waals surface area (Å²) in [5, 5.41) is 6.99. The average Bonchev–Trinajstić information content (AvgIpc) is 2.01. The summed E-state index contributed by atoms with van der Waals surface area (Å²) in [6.45, 7) is 1.96. The third kappa shape index (κ3) is 8.27. The van der Waals surface area contributed by atoms with E-state index in [2.05, 4.69) is 0 Å². The Morgan fingerprint density at radius 1 is 1.13 bits per heavy atom. The van der Waals surface area contributed by atoms with Crippen molar-refractivity contribution in [3.8, 4) is 0 Å². The van der Waals surface area contributed by atoms with Gasteiger partial charge >= 0.3 is 6.18 Å².